The largest absolute Gasteiger partial charge is 0.240 e. The van der Waals surface area contributed by atoms with Gasteiger partial charge in [0.2, 0.25) is 0 Å². The van der Waals surface area contributed by atoms with Crippen molar-refractivity contribution in [2.45, 2.75) is 105 Å². The van der Waals surface area contributed by atoms with E-state index < -0.39 is 0 Å². The summed E-state index contributed by atoms with van der Waals surface area (Å²) in [4.78, 5) is 0. The molecule has 0 aromatic carbocycles. The van der Waals surface area contributed by atoms with Crippen LogP contribution in [0.15, 0.2) is 12.3 Å². The maximum absolute atomic E-state index is 5.06. The molecule has 0 amide bonds. The Balaban J connectivity index is 3.01. The molecule has 2 aromatic heterocycles. The molecule has 0 aliphatic rings. The quantitative estimate of drug-likeness (QED) is 0.532. The van der Waals surface area contributed by atoms with E-state index in [0.29, 0.717) is 0 Å². The molecule has 0 aliphatic carbocycles. The van der Waals surface area contributed by atoms with Crippen LogP contribution in [0.1, 0.15) is 105 Å². The number of pyridine rings is 1. The van der Waals surface area contributed by atoms with Gasteiger partial charge >= 0.3 is 0 Å². The van der Waals surface area contributed by atoms with E-state index in [9.17, 15) is 0 Å². The van der Waals surface area contributed by atoms with Gasteiger partial charge in [-0.3, -0.25) is 0 Å². The Morgan fingerprint density at radius 1 is 0.640 bits per heavy atom. The predicted octanol–water partition coefficient (Wildman–Crippen LogP) is 6.52. The molecule has 0 N–H and O–H groups in total. The number of hydrogen-bond acceptors (Lipinski definition) is 1. The lowest BCUT2D eigenvalue weighted by molar-refractivity contribution is 0.519. The molecular weight excluding hydrogens is 304 g/mol. The lowest BCUT2D eigenvalue weighted by Gasteiger charge is -2.30. The molecule has 0 aliphatic heterocycles. The van der Waals surface area contributed by atoms with Crippen LogP contribution in [-0.4, -0.2) is 9.61 Å². The average molecular weight is 343 g/mol. The van der Waals surface area contributed by atoms with Crippen LogP contribution in [0.2, 0.25) is 0 Å². The lowest BCUT2D eigenvalue weighted by atomic mass is 9.75. The third kappa shape index (κ3) is 3.78. The summed E-state index contributed by atoms with van der Waals surface area (Å²) < 4.78 is 2.14. The van der Waals surface area contributed by atoms with E-state index in [1.807, 2.05) is 0 Å². The zero-order chi connectivity index (χ0) is 19.6. The number of aromatic nitrogens is 2. The fourth-order valence-corrected chi connectivity index (χ4v) is 3.57. The molecule has 2 nitrogen and oxygen atoms in total. The van der Waals surface area contributed by atoms with Crippen molar-refractivity contribution in [1.82, 2.24) is 9.61 Å². The number of nitrogens with zero attached hydrogens (tertiary/aromatic N) is 2. The molecule has 0 saturated heterocycles. The summed E-state index contributed by atoms with van der Waals surface area (Å²) in [6.45, 7) is 27.5. The first-order chi connectivity index (χ1) is 10.9. The summed E-state index contributed by atoms with van der Waals surface area (Å²) in [5.41, 5.74) is 6.95. The van der Waals surface area contributed by atoms with Gasteiger partial charge in [-0.1, -0.05) is 83.1 Å². The minimum atomic E-state index is 0.0262. The highest BCUT2D eigenvalue weighted by atomic mass is 15.2. The van der Waals surface area contributed by atoms with Gasteiger partial charge in [0.1, 0.15) is 0 Å². The van der Waals surface area contributed by atoms with Crippen LogP contribution < -0.4 is 0 Å². The Morgan fingerprint density at radius 3 is 1.48 bits per heavy atom. The van der Waals surface area contributed by atoms with E-state index in [4.69, 9.17) is 5.10 Å². The lowest BCUT2D eigenvalue weighted by Crippen LogP contribution is -2.23. The van der Waals surface area contributed by atoms with Crippen LogP contribution in [0.5, 0.6) is 0 Å². The molecule has 0 saturated carbocycles. The summed E-state index contributed by atoms with van der Waals surface area (Å²) in [6, 6.07) is 2.41. The highest BCUT2D eigenvalue weighted by molar-refractivity contribution is 5.64. The van der Waals surface area contributed by atoms with Crippen LogP contribution in [0.25, 0.3) is 5.52 Å². The van der Waals surface area contributed by atoms with Crippen molar-refractivity contribution in [3.05, 3.63) is 34.6 Å². The molecule has 0 spiro atoms. The molecule has 140 valence electrons. The second kappa shape index (κ2) is 5.59. The van der Waals surface area contributed by atoms with Crippen molar-refractivity contribution in [3.8, 4) is 0 Å². The summed E-state index contributed by atoms with van der Waals surface area (Å²) in [7, 11) is 0. The first-order valence-corrected chi connectivity index (χ1v) is 9.52. The van der Waals surface area contributed by atoms with E-state index in [0.717, 1.165) is 0 Å². The highest BCUT2D eigenvalue weighted by Crippen LogP contribution is 2.40. The topological polar surface area (TPSA) is 17.3 Å². The SMILES string of the molecule is CC(C)(C)c1cc2c(C(C)(C)C)c(C(C)(C)C)nn2cc1C(C)(C)C. The van der Waals surface area contributed by atoms with Gasteiger partial charge in [-0.15, -0.1) is 0 Å². The van der Waals surface area contributed by atoms with Crippen LogP contribution in [0.3, 0.4) is 0 Å². The van der Waals surface area contributed by atoms with Gasteiger partial charge in [-0.2, -0.15) is 5.10 Å². The van der Waals surface area contributed by atoms with Gasteiger partial charge < -0.3 is 0 Å². The number of rotatable bonds is 0. The first kappa shape index (κ1) is 20.0. The van der Waals surface area contributed by atoms with E-state index in [1.54, 1.807) is 0 Å². The molecule has 0 fully saturated rings. The molecular formula is C23H38N2. The summed E-state index contributed by atoms with van der Waals surface area (Å²) >= 11 is 0. The first-order valence-electron chi connectivity index (χ1n) is 9.52. The normalized spacial score (nSPS) is 14.4. The van der Waals surface area contributed by atoms with E-state index >= 15 is 0 Å². The zero-order valence-corrected chi connectivity index (χ0v) is 18.5. The number of fused-ring (bicyclic) bond motifs is 1. The van der Waals surface area contributed by atoms with Crippen molar-refractivity contribution in [2.75, 3.05) is 0 Å². The van der Waals surface area contributed by atoms with Gasteiger partial charge in [0.15, 0.2) is 0 Å². The van der Waals surface area contributed by atoms with Gasteiger partial charge in [0.25, 0.3) is 0 Å². The van der Waals surface area contributed by atoms with Crippen LogP contribution in [0.4, 0.5) is 0 Å². The van der Waals surface area contributed by atoms with E-state index in [2.05, 4.69) is 99.9 Å². The Morgan fingerprint density at radius 2 is 1.12 bits per heavy atom. The Bertz CT molecular complexity index is 767. The third-order valence-corrected chi connectivity index (χ3v) is 4.85. The second-order valence-corrected chi connectivity index (χ2v) is 11.7. The summed E-state index contributed by atoms with van der Waals surface area (Å²) in [5.74, 6) is 0. The second-order valence-electron chi connectivity index (χ2n) is 11.7. The number of hydrogen-bond donors (Lipinski definition) is 0. The maximum Gasteiger partial charge on any atom is 0.0725 e. The molecule has 0 bridgehead atoms. The van der Waals surface area contributed by atoms with Crippen molar-refractivity contribution in [3.63, 3.8) is 0 Å². The Hall–Kier alpha value is -1.31. The van der Waals surface area contributed by atoms with Gasteiger partial charge in [0, 0.05) is 17.2 Å². The summed E-state index contributed by atoms with van der Waals surface area (Å²) in [5, 5.41) is 5.06. The van der Waals surface area contributed by atoms with E-state index in [-0.39, 0.29) is 21.7 Å². The molecule has 0 atom stereocenters. The van der Waals surface area contributed by atoms with Crippen LogP contribution >= 0.6 is 0 Å². The van der Waals surface area contributed by atoms with Crippen molar-refractivity contribution < 1.29 is 0 Å². The smallest absolute Gasteiger partial charge is 0.0725 e. The Labute approximate surface area is 155 Å². The van der Waals surface area contributed by atoms with Gasteiger partial charge in [-0.05, 0) is 33.4 Å². The third-order valence-electron chi connectivity index (χ3n) is 4.85. The Kier molecular flexibility index (Phi) is 4.48. The molecule has 2 aromatic rings. The van der Waals surface area contributed by atoms with E-state index in [1.165, 1.54) is 27.9 Å². The fraction of sp³-hybridized carbons (Fsp3) is 0.696. The average Bonchev–Trinajstić information content (AvgIpc) is 2.72. The molecule has 2 heterocycles. The standard InChI is InChI=1S/C23H38N2/c1-20(2,3)15-13-17-18(22(7,8)9)19(23(10,11)12)24-25(17)14-16(15)21(4,5)6/h13-14H,1-12H3. The van der Waals surface area contributed by atoms with Crippen LogP contribution in [0, 0.1) is 0 Å². The van der Waals surface area contributed by atoms with Crippen molar-refractivity contribution in [1.29, 1.82) is 0 Å². The van der Waals surface area contributed by atoms with Crippen LogP contribution in [-0.2, 0) is 21.7 Å². The van der Waals surface area contributed by atoms with Gasteiger partial charge in [-0.25, -0.2) is 4.52 Å². The zero-order valence-electron chi connectivity index (χ0n) is 18.5. The summed E-state index contributed by atoms with van der Waals surface area (Å²) in [6.07, 6.45) is 2.28. The molecule has 0 radical (unpaired) electrons. The minimum absolute atomic E-state index is 0.0262. The van der Waals surface area contributed by atoms with Gasteiger partial charge in [0.05, 0.1) is 11.2 Å². The molecule has 2 heteroatoms. The molecule has 25 heavy (non-hydrogen) atoms. The van der Waals surface area contributed by atoms with Crippen molar-refractivity contribution >= 4 is 5.52 Å². The predicted molar refractivity (Wildman–Crippen MR) is 110 cm³/mol. The fourth-order valence-electron chi connectivity index (χ4n) is 3.57. The molecule has 2 rings (SSSR count). The highest BCUT2D eigenvalue weighted by Gasteiger charge is 2.33. The van der Waals surface area contributed by atoms with Crippen molar-refractivity contribution in [2.24, 2.45) is 0 Å². The monoisotopic (exact) mass is 342 g/mol. The minimum Gasteiger partial charge on any atom is -0.240 e. The maximum atomic E-state index is 5.06. The molecule has 0 unspecified atom stereocenters.